The highest BCUT2D eigenvalue weighted by Gasteiger charge is 2.13. The van der Waals surface area contributed by atoms with Crippen molar-refractivity contribution in [3.05, 3.63) is 76.1 Å². The lowest BCUT2D eigenvalue weighted by Gasteiger charge is -2.04. The maximum Gasteiger partial charge on any atom is 0.230 e. The Balaban J connectivity index is 0.00000210. The van der Waals surface area contributed by atoms with E-state index < -0.39 is 0 Å². The van der Waals surface area contributed by atoms with Gasteiger partial charge in [0.15, 0.2) is 4.96 Å². The minimum absolute atomic E-state index is 0. The Bertz CT molecular complexity index is 1090. The number of amides is 1. The number of carbonyl (C=O) groups is 1. The zero-order valence-electron chi connectivity index (χ0n) is 13.9. The molecular weight excluding hydrogens is 453 g/mol. The molecule has 0 saturated carbocycles. The molecule has 0 fully saturated rings. The average Bonchev–Trinajstić information content (AvgIpc) is 3.19. The maximum atomic E-state index is 12.9. The van der Waals surface area contributed by atoms with Crippen molar-refractivity contribution >= 4 is 56.2 Å². The summed E-state index contributed by atoms with van der Waals surface area (Å²) in [5.74, 6) is -0.491. The van der Waals surface area contributed by atoms with E-state index >= 15 is 0 Å². The minimum Gasteiger partial charge on any atom is -0.326 e. The zero-order chi connectivity index (χ0) is 18.1. The third kappa shape index (κ3) is 4.37. The van der Waals surface area contributed by atoms with Crippen molar-refractivity contribution in [2.45, 2.75) is 6.42 Å². The number of anilines is 1. The number of fused-ring (bicyclic) bond motifs is 1. The molecule has 0 radical (unpaired) electrons. The fraction of sp³-hybridized carbons (Fsp3) is 0.0526. The third-order valence-electron chi connectivity index (χ3n) is 3.87. The van der Waals surface area contributed by atoms with E-state index in [1.54, 1.807) is 12.1 Å². The summed E-state index contributed by atoms with van der Waals surface area (Å²) in [5.41, 5.74) is 3.30. The van der Waals surface area contributed by atoms with Gasteiger partial charge in [0.2, 0.25) is 5.91 Å². The van der Waals surface area contributed by atoms with Crippen molar-refractivity contribution in [2.24, 2.45) is 0 Å². The van der Waals surface area contributed by atoms with Crippen LogP contribution in [-0.4, -0.2) is 15.3 Å². The summed E-state index contributed by atoms with van der Waals surface area (Å²) >= 11 is 4.96. The Morgan fingerprint density at radius 1 is 1.22 bits per heavy atom. The molecule has 4 nitrogen and oxygen atoms in total. The van der Waals surface area contributed by atoms with Crippen molar-refractivity contribution in [1.29, 1.82) is 0 Å². The van der Waals surface area contributed by atoms with E-state index in [9.17, 15) is 9.18 Å². The number of carbonyl (C=O) groups excluding carboxylic acids is 1. The number of thiazole rings is 1. The van der Waals surface area contributed by atoms with Gasteiger partial charge in [-0.1, -0.05) is 28.1 Å². The van der Waals surface area contributed by atoms with Crippen LogP contribution in [0, 0.1) is 5.82 Å². The summed E-state index contributed by atoms with van der Waals surface area (Å²) in [4.78, 5) is 17.8. The molecule has 0 aliphatic carbocycles. The van der Waals surface area contributed by atoms with Gasteiger partial charge in [-0.2, -0.15) is 0 Å². The second kappa shape index (κ2) is 8.21. The number of nitrogens with one attached hydrogen (secondary N) is 1. The van der Waals surface area contributed by atoms with Crippen LogP contribution >= 0.6 is 39.7 Å². The second-order valence-corrected chi connectivity index (χ2v) is 7.50. The number of aromatic nitrogens is 2. The monoisotopic (exact) mass is 465 g/mol. The van der Waals surface area contributed by atoms with Crippen molar-refractivity contribution < 1.29 is 9.18 Å². The van der Waals surface area contributed by atoms with E-state index in [1.807, 2.05) is 40.2 Å². The van der Waals surface area contributed by atoms with Crippen LogP contribution in [0.3, 0.4) is 0 Å². The molecule has 4 rings (SSSR count). The number of hydrogen-bond donors (Lipinski definition) is 1. The van der Waals surface area contributed by atoms with Gasteiger partial charge < -0.3 is 5.32 Å². The summed E-state index contributed by atoms with van der Waals surface area (Å²) in [6, 6.07) is 13.7. The van der Waals surface area contributed by atoms with E-state index in [-0.39, 0.29) is 30.6 Å². The zero-order valence-corrected chi connectivity index (χ0v) is 17.1. The maximum absolute atomic E-state index is 12.9. The standard InChI is InChI=1S/C19H13BrFN3OS.ClH/c20-13-3-1-2-12(8-13)17-10-24-16(11-26-19(24)23-17)9-18(25)22-15-6-4-14(21)5-7-15;/h1-8,10-11H,9H2,(H,22,25);1H. The van der Waals surface area contributed by atoms with Crippen LogP contribution in [-0.2, 0) is 11.2 Å². The average molecular weight is 467 g/mol. The smallest absolute Gasteiger partial charge is 0.230 e. The lowest BCUT2D eigenvalue weighted by atomic mass is 10.2. The van der Waals surface area contributed by atoms with Gasteiger partial charge in [-0.05, 0) is 36.4 Å². The Kier molecular flexibility index (Phi) is 5.94. The van der Waals surface area contributed by atoms with Crippen LogP contribution in [0.15, 0.2) is 64.6 Å². The molecular formula is C19H14BrClFN3OS. The molecule has 27 heavy (non-hydrogen) atoms. The lowest BCUT2D eigenvalue weighted by molar-refractivity contribution is -0.115. The molecule has 0 aliphatic rings. The summed E-state index contributed by atoms with van der Waals surface area (Å²) in [7, 11) is 0. The second-order valence-electron chi connectivity index (χ2n) is 5.75. The fourth-order valence-corrected chi connectivity index (χ4v) is 3.92. The minimum atomic E-state index is -0.332. The van der Waals surface area contributed by atoms with Gasteiger partial charge in [0.1, 0.15) is 5.82 Å². The van der Waals surface area contributed by atoms with Gasteiger partial charge in [0, 0.05) is 33.0 Å². The van der Waals surface area contributed by atoms with E-state index in [2.05, 4.69) is 26.2 Å². The fourth-order valence-electron chi connectivity index (χ4n) is 2.65. The van der Waals surface area contributed by atoms with Gasteiger partial charge in [-0.25, -0.2) is 9.37 Å². The number of imidazole rings is 1. The van der Waals surface area contributed by atoms with Crippen molar-refractivity contribution in [3.63, 3.8) is 0 Å². The van der Waals surface area contributed by atoms with Crippen LogP contribution in [0.1, 0.15) is 5.69 Å². The van der Waals surface area contributed by atoms with Gasteiger partial charge in [0.25, 0.3) is 0 Å². The van der Waals surface area contributed by atoms with Gasteiger partial charge in [0.05, 0.1) is 12.1 Å². The molecule has 2 aromatic carbocycles. The Morgan fingerprint density at radius 2 is 2.00 bits per heavy atom. The van der Waals surface area contributed by atoms with Crippen molar-refractivity contribution in [2.75, 3.05) is 5.32 Å². The van der Waals surface area contributed by atoms with Crippen LogP contribution < -0.4 is 5.32 Å². The first-order valence-corrected chi connectivity index (χ1v) is 9.52. The molecule has 0 atom stereocenters. The predicted octanol–water partition coefficient (Wildman–Crippen LogP) is 5.57. The highest BCUT2D eigenvalue weighted by Crippen LogP contribution is 2.26. The van der Waals surface area contributed by atoms with E-state index in [0.717, 1.165) is 26.4 Å². The summed E-state index contributed by atoms with van der Waals surface area (Å²) < 4.78 is 15.9. The summed E-state index contributed by atoms with van der Waals surface area (Å²) in [5, 5.41) is 4.70. The van der Waals surface area contributed by atoms with E-state index in [4.69, 9.17) is 0 Å². The Hall–Kier alpha value is -2.22. The highest BCUT2D eigenvalue weighted by molar-refractivity contribution is 9.10. The molecule has 138 valence electrons. The number of halogens is 3. The molecule has 0 spiro atoms. The molecule has 2 aromatic heterocycles. The molecule has 0 unspecified atom stereocenters. The van der Waals surface area contributed by atoms with Gasteiger partial charge in [-0.3, -0.25) is 9.20 Å². The molecule has 0 bridgehead atoms. The van der Waals surface area contributed by atoms with Gasteiger partial charge in [-0.15, -0.1) is 23.7 Å². The van der Waals surface area contributed by atoms with Crippen molar-refractivity contribution in [3.8, 4) is 11.3 Å². The molecule has 0 saturated heterocycles. The first-order valence-electron chi connectivity index (χ1n) is 7.85. The molecule has 0 aliphatic heterocycles. The van der Waals surface area contributed by atoms with Crippen LogP contribution in [0.25, 0.3) is 16.2 Å². The molecule has 4 aromatic rings. The molecule has 8 heteroatoms. The van der Waals surface area contributed by atoms with Crippen LogP contribution in [0.4, 0.5) is 10.1 Å². The van der Waals surface area contributed by atoms with Gasteiger partial charge >= 0.3 is 0 Å². The van der Waals surface area contributed by atoms with Crippen LogP contribution in [0.5, 0.6) is 0 Å². The third-order valence-corrected chi connectivity index (χ3v) is 5.26. The van der Waals surface area contributed by atoms with E-state index in [0.29, 0.717) is 5.69 Å². The quantitative estimate of drug-likeness (QED) is 0.427. The normalized spacial score (nSPS) is 10.6. The SMILES string of the molecule is Cl.O=C(Cc1csc2nc(-c3cccc(Br)c3)cn12)Nc1ccc(F)cc1. The molecule has 1 amide bonds. The molecule has 2 heterocycles. The largest absolute Gasteiger partial charge is 0.326 e. The lowest BCUT2D eigenvalue weighted by Crippen LogP contribution is -2.15. The van der Waals surface area contributed by atoms with Crippen LogP contribution in [0.2, 0.25) is 0 Å². The number of hydrogen-bond acceptors (Lipinski definition) is 3. The summed E-state index contributed by atoms with van der Waals surface area (Å²) in [6.07, 6.45) is 2.15. The van der Waals surface area contributed by atoms with E-state index in [1.165, 1.54) is 23.5 Å². The first-order chi connectivity index (χ1) is 12.6. The van der Waals surface area contributed by atoms with Crippen molar-refractivity contribution in [1.82, 2.24) is 9.38 Å². The number of nitrogens with zero attached hydrogens (tertiary/aromatic N) is 2. The first kappa shape index (κ1) is 19.5. The Labute approximate surface area is 173 Å². The summed E-state index contributed by atoms with van der Waals surface area (Å²) in [6.45, 7) is 0. The highest BCUT2D eigenvalue weighted by atomic mass is 79.9. The predicted molar refractivity (Wildman–Crippen MR) is 112 cm³/mol. The number of rotatable bonds is 4. The topological polar surface area (TPSA) is 46.4 Å². The molecule has 1 N–H and O–H groups in total. The number of benzene rings is 2. The Morgan fingerprint density at radius 3 is 2.74 bits per heavy atom.